The van der Waals surface area contributed by atoms with Gasteiger partial charge in [0.25, 0.3) is 0 Å². The SMILES string of the molecule is CC(Nc1cc(-n2nc(C(F)(F)F)c3c2[C@@H](Oc2ccc(C(=O)O)cc2)CCC3)ccn1)c1ccc2c(c1)OC(F)(F)O2. The summed E-state index contributed by atoms with van der Waals surface area (Å²) < 4.78 is 85.4. The smallest absolute Gasteiger partial charge is 0.484 e. The molecule has 14 heteroatoms. The Morgan fingerprint density at radius 2 is 1.86 bits per heavy atom. The first-order chi connectivity index (χ1) is 20.4. The highest BCUT2D eigenvalue weighted by Crippen LogP contribution is 2.43. The molecule has 0 fully saturated rings. The molecule has 2 aromatic heterocycles. The third-order valence-electron chi connectivity index (χ3n) is 7.15. The maximum Gasteiger partial charge on any atom is 0.586 e. The summed E-state index contributed by atoms with van der Waals surface area (Å²) in [5, 5.41) is 16.3. The topological polar surface area (TPSA) is 108 Å². The maximum atomic E-state index is 14.1. The number of aromatic nitrogens is 3. The number of alkyl halides is 5. The summed E-state index contributed by atoms with van der Waals surface area (Å²) in [6.07, 6.45) is -6.85. The van der Waals surface area contributed by atoms with E-state index in [0.717, 1.165) is 0 Å². The van der Waals surface area contributed by atoms with Crippen LogP contribution in [-0.2, 0) is 12.6 Å². The van der Waals surface area contributed by atoms with Crippen LogP contribution in [0.4, 0.5) is 27.8 Å². The fourth-order valence-corrected chi connectivity index (χ4v) is 5.19. The Hall–Kier alpha value is -4.88. The standard InChI is InChI=1S/C29H23F5N4O5/c1-15(17-7-10-21-23(13-17)43-29(33,34)42-21)36-24-14-18(11-12-35-24)38-25-20(26(37-38)28(30,31)32)3-2-4-22(25)41-19-8-5-16(6-9-19)27(39)40/h5-15,22H,2-4H2,1H3,(H,35,36)(H,39,40)/t15?,22-/m0/s1. The van der Waals surface area contributed by atoms with Gasteiger partial charge in [-0.2, -0.15) is 18.3 Å². The molecule has 0 bridgehead atoms. The highest BCUT2D eigenvalue weighted by atomic mass is 19.4. The largest absolute Gasteiger partial charge is 0.586 e. The van der Waals surface area contributed by atoms with Crippen LogP contribution in [0.25, 0.3) is 5.69 Å². The Balaban J connectivity index is 1.31. The minimum atomic E-state index is -4.71. The van der Waals surface area contributed by atoms with E-state index < -0.39 is 36.3 Å². The van der Waals surface area contributed by atoms with E-state index in [4.69, 9.17) is 9.84 Å². The predicted molar refractivity (Wildman–Crippen MR) is 141 cm³/mol. The Morgan fingerprint density at radius 1 is 1.12 bits per heavy atom. The zero-order valence-corrected chi connectivity index (χ0v) is 22.4. The molecule has 0 amide bonds. The molecule has 3 heterocycles. The third-order valence-corrected chi connectivity index (χ3v) is 7.15. The number of benzene rings is 2. The second-order valence-corrected chi connectivity index (χ2v) is 10.1. The normalized spacial score (nSPS) is 17.7. The van der Waals surface area contributed by atoms with Crippen molar-refractivity contribution in [3.05, 3.63) is 88.9 Å². The number of hydrogen-bond donors (Lipinski definition) is 2. The van der Waals surface area contributed by atoms with Crippen molar-refractivity contribution in [2.75, 3.05) is 5.32 Å². The highest BCUT2D eigenvalue weighted by molar-refractivity contribution is 5.87. The second kappa shape index (κ2) is 10.4. The zero-order valence-electron chi connectivity index (χ0n) is 22.4. The van der Waals surface area contributed by atoms with Crippen LogP contribution < -0.4 is 19.5 Å². The Kier molecular flexibility index (Phi) is 6.86. The average molecular weight is 603 g/mol. The van der Waals surface area contributed by atoms with Crippen molar-refractivity contribution < 1.29 is 46.1 Å². The lowest BCUT2D eigenvalue weighted by Gasteiger charge is -2.26. The van der Waals surface area contributed by atoms with Crippen LogP contribution >= 0.6 is 0 Å². The number of carbonyl (C=O) groups is 1. The minimum absolute atomic E-state index is 0.0303. The average Bonchev–Trinajstić information content (AvgIpc) is 3.50. The molecule has 0 saturated carbocycles. The number of nitrogens with zero attached hydrogens (tertiary/aromatic N) is 3. The number of anilines is 1. The van der Waals surface area contributed by atoms with Crippen LogP contribution in [-0.4, -0.2) is 32.1 Å². The van der Waals surface area contributed by atoms with Crippen molar-refractivity contribution in [3.8, 4) is 22.9 Å². The van der Waals surface area contributed by atoms with Gasteiger partial charge < -0.3 is 24.6 Å². The molecular weight excluding hydrogens is 579 g/mol. The Bertz CT molecular complexity index is 1690. The van der Waals surface area contributed by atoms with Crippen LogP contribution in [0, 0.1) is 0 Å². The molecule has 0 saturated heterocycles. The van der Waals surface area contributed by atoms with E-state index in [2.05, 4.69) is 24.9 Å². The number of fused-ring (bicyclic) bond motifs is 2. The molecule has 1 unspecified atom stereocenters. The number of aromatic carboxylic acids is 1. The van der Waals surface area contributed by atoms with Gasteiger partial charge in [-0.15, -0.1) is 8.78 Å². The molecule has 6 rings (SSSR count). The fraction of sp³-hybridized carbons (Fsp3) is 0.276. The number of ether oxygens (including phenoxy) is 3. The molecule has 2 aliphatic rings. The van der Waals surface area contributed by atoms with Gasteiger partial charge >= 0.3 is 18.4 Å². The van der Waals surface area contributed by atoms with Crippen molar-refractivity contribution in [2.24, 2.45) is 0 Å². The molecule has 2 atom stereocenters. The van der Waals surface area contributed by atoms with Crippen LogP contribution in [0.2, 0.25) is 0 Å². The molecule has 2 N–H and O–H groups in total. The van der Waals surface area contributed by atoms with Crippen LogP contribution in [0.5, 0.6) is 17.2 Å². The number of nitrogens with one attached hydrogen (secondary N) is 1. The molecule has 1 aliphatic carbocycles. The Morgan fingerprint density at radius 3 is 2.58 bits per heavy atom. The van der Waals surface area contributed by atoms with Gasteiger partial charge in [0, 0.05) is 17.8 Å². The third kappa shape index (κ3) is 5.64. The van der Waals surface area contributed by atoms with E-state index in [1.807, 2.05) is 0 Å². The molecule has 2 aromatic carbocycles. The van der Waals surface area contributed by atoms with E-state index >= 15 is 0 Å². The quantitative estimate of drug-likeness (QED) is 0.219. The summed E-state index contributed by atoms with van der Waals surface area (Å²) in [6.45, 7) is 1.75. The first-order valence-electron chi connectivity index (χ1n) is 13.2. The number of carboxylic acid groups (broad SMARTS) is 1. The van der Waals surface area contributed by atoms with Gasteiger partial charge in [0.05, 0.1) is 23.0 Å². The first-order valence-corrected chi connectivity index (χ1v) is 13.2. The van der Waals surface area contributed by atoms with Gasteiger partial charge in [0.15, 0.2) is 17.2 Å². The lowest BCUT2D eigenvalue weighted by atomic mass is 9.93. The number of rotatable bonds is 7. The summed E-state index contributed by atoms with van der Waals surface area (Å²) in [7, 11) is 0. The van der Waals surface area contributed by atoms with Crippen molar-refractivity contribution in [1.82, 2.24) is 14.8 Å². The molecule has 0 spiro atoms. The summed E-state index contributed by atoms with van der Waals surface area (Å²) in [5.41, 5.74) is 0.175. The van der Waals surface area contributed by atoms with Crippen molar-refractivity contribution in [3.63, 3.8) is 0 Å². The summed E-state index contributed by atoms with van der Waals surface area (Å²) in [5.74, 6) is -0.736. The van der Waals surface area contributed by atoms with Crippen molar-refractivity contribution in [1.29, 1.82) is 0 Å². The number of carboxylic acids is 1. The van der Waals surface area contributed by atoms with Gasteiger partial charge in [0.1, 0.15) is 17.7 Å². The minimum Gasteiger partial charge on any atom is -0.484 e. The number of hydrogen-bond acceptors (Lipinski definition) is 7. The number of pyridine rings is 1. The lowest BCUT2D eigenvalue weighted by molar-refractivity contribution is -0.286. The predicted octanol–water partition coefficient (Wildman–Crippen LogP) is 6.94. The van der Waals surface area contributed by atoms with Crippen molar-refractivity contribution in [2.45, 2.75) is 50.8 Å². The molecule has 4 aromatic rings. The summed E-state index contributed by atoms with van der Waals surface area (Å²) in [4.78, 5) is 15.5. The van der Waals surface area contributed by atoms with E-state index in [9.17, 15) is 26.7 Å². The molecule has 43 heavy (non-hydrogen) atoms. The van der Waals surface area contributed by atoms with Gasteiger partial charge in [-0.05, 0) is 74.2 Å². The monoisotopic (exact) mass is 602 g/mol. The molecule has 224 valence electrons. The zero-order chi connectivity index (χ0) is 30.5. The van der Waals surface area contributed by atoms with Crippen LogP contribution in [0.15, 0.2) is 60.8 Å². The molecule has 0 radical (unpaired) electrons. The van der Waals surface area contributed by atoms with Gasteiger partial charge in [-0.1, -0.05) is 6.07 Å². The van der Waals surface area contributed by atoms with E-state index in [1.165, 1.54) is 59.4 Å². The number of halogens is 5. The highest BCUT2D eigenvalue weighted by Gasteiger charge is 2.44. The van der Waals surface area contributed by atoms with Gasteiger partial charge in [-0.25, -0.2) is 14.5 Å². The molecule has 9 nitrogen and oxygen atoms in total. The Labute approximate surface area is 240 Å². The van der Waals surface area contributed by atoms with E-state index in [0.29, 0.717) is 35.7 Å². The van der Waals surface area contributed by atoms with E-state index in [1.54, 1.807) is 13.0 Å². The first kappa shape index (κ1) is 28.2. The molecule has 1 aliphatic heterocycles. The lowest BCUT2D eigenvalue weighted by Crippen LogP contribution is -2.25. The summed E-state index contributed by atoms with van der Waals surface area (Å²) >= 11 is 0. The van der Waals surface area contributed by atoms with Gasteiger partial charge in [-0.3, -0.25) is 0 Å². The van der Waals surface area contributed by atoms with Gasteiger partial charge in [0.2, 0.25) is 0 Å². The van der Waals surface area contributed by atoms with Crippen molar-refractivity contribution >= 4 is 11.8 Å². The maximum absolute atomic E-state index is 14.1. The van der Waals surface area contributed by atoms with Crippen LogP contribution in [0.1, 0.15) is 64.8 Å². The van der Waals surface area contributed by atoms with E-state index in [-0.39, 0.29) is 34.7 Å². The molecular formula is C29H23F5N4O5. The summed E-state index contributed by atoms with van der Waals surface area (Å²) in [6, 6.07) is 12.5. The fourth-order valence-electron chi connectivity index (χ4n) is 5.19. The second-order valence-electron chi connectivity index (χ2n) is 10.1. The van der Waals surface area contributed by atoms with Crippen LogP contribution in [0.3, 0.4) is 0 Å².